The molecular formula is C20H20FN3O3. The van der Waals surface area contributed by atoms with Gasteiger partial charge in [0.05, 0.1) is 6.54 Å². The summed E-state index contributed by atoms with van der Waals surface area (Å²) in [6.45, 7) is 2.02. The highest BCUT2D eigenvalue weighted by Gasteiger charge is 2.23. The fourth-order valence-electron chi connectivity index (χ4n) is 2.93. The first-order valence-electron chi connectivity index (χ1n) is 8.70. The van der Waals surface area contributed by atoms with Gasteiger partial charge >= 0.3 is 0 Å². The van der Waals surface area contributed by atoms with Crippen LogP contribution in [0.3, 0.4) is 0 Å². The molecule has 0 atom stereocenters. The molecule has 3 rings (SSSR count). The molecule has 0 unspecified atom stereocenters. The van der Waals surface area contributed by atoms with E-state index in [9.17, 15) is 18.8 Å². The summed E-state index contributed by atoms with van der Waals surface area (Å²) in [5.74, 6) is -1.97. The molecule has 0 radical (unpaired) electrons. The molecule has 0 spiro atoms. The predicted octanol–water partition coefficient (Wildman–Crippen LogP) is 1.47. The van der Waals surface area contributed by atoms with Gasteiger partial charge in [-0.25, -0.2) is 4.39 Å². The maximum absolute atomic E-state index is 13.0. The Morgan fingerprint density at radius 3 is 2.15 bits per heavy atom. The molecule has 27 heavy (non-hydrogen) atoms. The normalized spacial score (nSPS) is 14.0. The number of rotatable bonds is 5. The van der Waals surface area contributed by atoms with Crippen LogP contribution in [0.1, 0.15) is 10.4 Å². The number of benzene rings is 2. The van der Waals surface area contributed by atoms with Gasteiger partial charge in [0.25, 0.3) is 5.91 Å². The number of amides is 2. The smallest absolute Gasteiger partial charge is 0.292 e. The number of anilines is 1. The number of ketones is 1. The van der Waals surface area contributed by atoms with Gasteiger partial charge in [0.15, 0.2) is 0 Å². The third-order valence-corrected chi connectivity index (χ3v) is 4.47. The number of hydrogen-bond donors (Lipinski definition) is 1. The SMILES string of the molecule is O=C(NCC(=O)N1CCN(c2ccc(F)cc2)CC1)C(=O)c1ccccc1. The van der Waals surface area contributed by atoms with Crippen molar-refractivity contribution in [1.29, 1.82) is 0 Å². The quantitative estimate of drug-likeness (QED) is 0.640. The molecule has 0 saturated carbocycles. The molecule has 1 fully saturated rings. The van der Waals surface area contributed by atoms with E-state index >= 15 is 0 Å². The van der Waals surface area contributed by atoms with Gasteiger partial charge < -0.3 is 15.1 Å². The maximum atomic E-state index is 13.0. The van der Waals surface area contributed by atoms with Gasteiger partial charge in [-0.3, -0.25) is 14.4 Å². The molecule has 140 valence electrons. The van der Waals surface area contributed by atoms with Gasteiger partial charge in [-0.2, -0.15) is 0 Å². The summed E-state index contributed by atoms with van der Waals surface area (Å²) in [5.41, 5.74) is 1.20. The molecule has 2 aromatic carbocycles. The minimum absolute atomic E-state index is 0.214. The number of Topliss-reactive ketones (excluding diaryl/α,β-unsaturated/α-hetero) is 1. The lowest BCUT2D eigenvalue weighted by Crippen LogP contribution is -2.51. The Balaban J connectivity index is 1.46. The van der Waals surface area contributed by atoms with Gasteiger partial charge in [0.1, 0.15) is 5.82 Å². The highest BCUT2D eigenvalue weighted by molar-refractivity contribution is 6.43. The van der Waals surface area contributed by atoms with E-state index in [1.54, 1.807) is 47.4 Å². The first-order valence-corrected chi connectivity index (χ1v) is 8.70. The first kappa shape index (κ1) is 18.6. The summed E-state index contributed by atoms with van der Waals surface area (Å²) >= 11 is 0. The highest BCUT2D eigenvalue weighted by Crippen LogP contribution is 2.16. The molecule has 2 aromatic rings. The van der Waals surface area contributed by atoms with Crippen LogP contribution in [0.25, 0.3) is 0 Å². The summed E-state index contributed by atoms with van der Waals surface area (Å²) in [5, 5.41) is 2.39. The van der Waals surface area contributed by atoms with Crippen LogP contribution in [0, 0.1) is 5.82 Å². The van der Waals surface area contributed by atoms with Crippen LogP contribution in [-0.2, 0) is 9.59 Å². The highest BCUT2D eigenvalue weighted by atomic mass is 19.1. The van der Waals surface area contributed by atoms with Crippen molar-refractivity contribution in [3.05, 3.63) is 66.0 Å². The van der Waals surface area contributed by atoms with Crippen LogP contribution >= 0.6 is 0 Å². The summed E-state index contributed by atoms with van der Waals surface area (Å²) in [7, 11) is 0. The fourth-order valence-corrected chi connectivity index (χ4v) is 2.93. The number of nitrogens with one attached hydrogen (secondary N) is 1. The molecule has 0 bridgehead atoms. The van der Waals surface area contributed by atoms with Crippen molar-refractivity contribution < 1.29 is 18.8 Å². The molecule has 1 heterocycles. The topological polar surface area (TPSA) is 69.7 Å². The lowest BCUT2D eigenvalue weighted by atomic mass is 10.1. The van der Waals surface area contributed by atoms with E-state index in [0.717, 1.165) is 5.69 Å². The summed E-state index contributed by atoms with van der Waals surface area (Å²) < 4.78 is 13.0. The molecule has 1 saturated heterocycles. The second kappa shape index (κ2) is 8.44. The zero-order valence-corrected chi connectivity index (χ0v) is 14.7. The van der Waals surface area contributed by atoms with Crippen molar-refractivity contribution in [1.82, 2.24) is 10.2 Å². The van der Waals surface area contributed by atoms with Crippen LogP contribution in [0.5, 0.6) is 0 Å². The standard InChI is InChI=1S/C20H20FN3O3/c21-16-6-8-17(9-7-16)23-10-12-24(13-11-23)18(25)14-22-20(27)19(26)15-4-2-1-3-5-15/h1-9H,10-14H2,(H,22,27). The van der Waals surface area contributed by atoms with Gasteiger partial charge in [-0.1, -0.05) is 30.3 Å². The number of hydrogen-bond acceptors (Lipinski definition) is 4. The second-order valence-corrected chi connectivity index (χ2v) is 6.22. The van der Waals surface area contributed by atoms with Gasteiger partial charge in [-0.05, 0) is 24.3 Å². The van der Waals surface area contributed by atoms with Crippen molar-refractivity contribution in [2.24, 2.45) is 0 Å². The number of carbonyl (C=O) groups excluding carboxylic acids is 3. The van der Waals surface area contributed by atoms with Crippen LogP contribution < -0.4 is 10.2 Å². The van der Waals surface area contributed by atoms with Crippen molar-refractivity contribution >= 4 is 23.3 Å². The molecule has 0 aliphatic carbocycles. The average molecular weight is 369 g/mol. The van der Waals surface area contributed by atoms with E-state index < -0.39 is 11.7 Å². The lowest BCUT2D eigenvalue weighted by Gasteiger charge is -2.36. The Morgan fingerprint density at radius 2 is 1.52 bits per heavy atom. The fraction of sp³-hybridized carbons (Fsp3) is 0.250. The summed E-state index contributed by atoms with van der Waals surface area (Å²) in [4.78, 5) is 39.9. The molecular weight excluding hydrogens is 349 g/mol. The third-order valence-electron chi connectivity index (χ3n) is 4.47. The van der Waals surface area contributed by atoms with Crippen molar-refractivity contribution in [3.8, 4) is 0 Å². The Bertz CT molecular complexity index is 816. The van der Waals surface area contributed by atoms with E-state index in [-0.39, 0.29) is 23.8 Å². The Labute approximate surface area is 156 Å². The van der Waals surface area contributed by atoms with E-state index in [0.29, 0.717) is 26.2 Å². The third kappa shape index (κ3) is 4.69. The van der Waals surface area contributed by atoms with Gasteiger partial charge in [0, 0.05) is 37.4 Å². The minimum atomic E-state index is -0.792. The summed E-state index contributed by atoms with van der Waals surface area (Å²) in [6, 6.07) is 14.4. The van der Waals surface area contributed by atoms with Crippen molar-refractivity contribution in [2.75, 3.05) is 37.6 Å². The molecule has 1 aliphatic heterocycles. The lowest BCUT2D eigenvalue weighted by molar-refractivity contribution is -0.132. The number of piperazine rings is 1. The zero-order valence-electron chi connectivity index (χ0n) is 14.7. The molecule has 0 aromatic heterocycles. The van der Waals surface area contributed by atoms with Gasteiger partial charge in [0.2, 0.25) is 11.7 Å². The molecule has 6 nitrogen and oxygen atoms in total. The summed E-state index contributed by atoms with van der Waals surface area (Å²) in [6.07, 6.45) is 0. The Morgan fingerprint density at radius 1 is 0.889 bits per heavy atom. The molecule has 1 aliphatic rings. The Kier molecular flexibility index (Phi) is 5.80. The largest absolute Gasteiger partial charge is 0.368 e. The van der Waals surface area contributed by atoms with Gasteiger partial charge in [-0.15, -0.1) is 0 Å². The van der Waals surface area contributed by atoms with Crippen LogP contribution in [0.2, 0.25) is 0 Å². The second-order valence-electron chi connectivity index (χ2n) is 6.22. The minimum Gasteiger partial charge on any atom is -0.368 e. The molecule has 1 N–H and O–H groups in total. The van der Waals surface area contributed by atoms with E-state index in [1.807, 2.05) is 0 Å². The number of nitrogens with zero attached hydrogens (tertiary/aromatic N) is 2. The molecule has 2 amide bonds. The maximum Gasteiger partial charge on any atom is 0.292 e. The number of halogens is 1. The van der Waals surface area contributed by atoms with Crippen molar-refractivity contribution in [2.45, 2.75) is 0 Å². The van der Waals surface area contributed by atoms with Crippen LogP contribution in [0.15, 0.2) is 54.6 Å². The first-order chi connectivity index (χ1) is 13.0. The molecule has 7 heteroatoms. The zero-order chi connectivity index (χ0) is 19.2. The van der Waals surface area contributed by atoms with Crippen LogP contribution in [-0.4, -0.2) is 55.2 Å². The van der Waals surface area contributed by atoms with E-state index in [4.69, 9.17) is 0 Å². The average Bonchev–Trinajstić information content (AvgIpc) is 2.72. The van der Waals surface area contributed by atoms with Crippen LogP contribution in [0.4, 0.5) is 10.1 Å². The monoisotopic (exact) mass is 369 g/mol. The number of carbonyl (C=O) groups is 3. The van der Waals surface area contributed by atoms with E-state index in [2.05, 4.69) is 10.2 Å². The van der Waals surface area contributed by atoms with Crippen molar-refractivity contribution in [3.63, 3.8) is 0 Å². The predicted molar refractivity (Wildman–Crippen MR) is 99.0 cm³/mol. The van der Waals surface area contributed by atoms with E-state index in [1.165, 1.54) is 12.1 Å². The Hall–Kier alpha value is -3.22.